The highest BCUT2D eigenvalue weighted by Crippen LogP contribution is 2.35. The van der Waals surface area contributed by atoms with Crippen LogP contribution in [0.2, 0.25) is 0 Å². The van der Waals surface area contributed by atoms with E-state index in [1.807, 2.05) is 36.4 Å². The number of benzene rings is 2. The Bertz CT molecular complexity index is 753. The lowest BCUT2D eigenvalue weighted by Crippen LogP contribution is -2.24. The zero-order chi connectivity index (χ0) is 16.4. The van der Waals surface area contributed by atoms with E-state index in [0.29, 0.717) is 17.7 Å². The molecule has 0 spiro atoms. The fourth-order valence-electron chi connectivity index (χ4n) is 2.77. The Morgan fingerprint density at radius 2 is 1.91 bits per heavy atom. The minimum Gasteiger partial charge on any atom is -0.507 e. The molecule has 0 saturated heterocycles. The van der Waals surface area contributed by atoms with E-state index >= 15 is 0 Å². The Balaban J connectivity index is 1.94. The number of aromatic hydroxyl groups is 1. The summed E-state index contributed by atoms with van der Waals surface area (Å²) in [5.41, 5.74) is 2.35. The predicted octanol–water partition coefficient (Wildman–Crippen LogP) is 3.10. The van der Waals surface area contributed by atoms with Crippen LogP contribution in [-0.2, 0) is 4.79 Å². The summed E-state index contributed by atoms with van der Waals surface area (Å²) in [6.07, 6.45) is 0.559. The third-order valence-electron chi connectivity index (χ3n) is 3.95. The number of ether oxygens (including phenoxy) is 1. The molecule has 3 rings (SSSR count). The van der Waals surface area contributed by atoms with Gasteiger partial charge in [0.25, 0.3) is 0 Å². The van der Waals surface area contributed by atoms with Gasteiger partial charge in [-0.2, -0.15) is 5.10 Å². The molecule has 1 aliphatic heterocycles. The third kappa shape index (κ3) is 2.90. The zero-order valence-corrected chi connectivity index (χ0v) is 13.1. The Morgan fingerprint density at radius 1 is 1.22 bits per heavy atom. The Hall–Kier alpha value is -2.82. The fourth-order valence-corrected chi connectivity index (χ4v) is 2.77. The molecule has 0 radical (unpaired) electrons. The van der Waals surface area contributed by atoms with Gasteiger partial charge in [0.15, 0.2) is 0 Å². The lowest BCUT2D eigenvalue weighted by Gasteiger charge is -2.20. The summed E-state index contributed by atoms with van der Waals surface area (Å²) < 4.78 is 5.17. The molecular formula is C18H18N2O3. The fraction of sp³-hybridized carbons (Fsp3) is 0.222. The van der Waals surface area contributed by atoms with E-state index in [9.17, 15) is 9.90 Å². The summed E-state index contributed by atoms with van der Waals surface area (Å²) in [5, 5.41) is 15.9. The van der Waals surface area contributed by atoms with Crippen LogP contribution in [0.15, 0.2) is 53.6 Å². The number of methoxy groups -OCH3 is 1. The second kappa shape index (κ2) is 6.12. The summed E-state index contributed by atoms with van der Waals surface area (Å²) in [5.74, 6) is 0.810. The van der Waals surface area contributed by atoms with Crippen molar-refractivity contribution in [3.63, 3.8) is 0 Å². The van der Waals surface area contributed by atoms with Gasteiger partial charge in [0.05, 0.1) is 18.9 Å². The molecule has 1 aliphatic rings. The van der Waals surface area contributed by atoms with Crippen LogP contribution in [0.1, 0.15) is 30.5 Å². The lowest BCUT2D eigenvalue weighted by atomic mass is 9.98. The molecule has 0 saturated carbocycles. The molecule has 1 N–H and O–H groups in total. The number of nitrogens with zero attached hydrogens (tertiary/aromatic N) is 2. The van der Waals surface area contributed by atoms with Crippen LogP contribution < -0.4 is 4.74 Å². The average Bonchev–Trinajstić information content (AvgIpc) is 3.01. The van der Waals surface area contributed by atoms with Crippen molar-refractivity contribution in [2.45, 2.75) is 19.4 Å². The summed E-state index contributed by atoms with van der Waals surface area (Å²) in [6.45, 7) is 1.49. The van der Waals surface area contributed by atoms with Crippen LogP contribution in [0.5, 0.6) is 11.5 Å². The number of hydrogen-bond acceptors (Lipinski definition) is 4. The van der Waals surface area contributed by atoms with Gasteiger partial charge in [-0.1, -0.05) is 24.3 Å². The van der Waals surface area contributed by atoms with E-state index in [1.54, 1.807) is 19.2 Å². The molecular weight excluding hydrogens is 292 g/mol. The molecule has 5 nitrogen and oxygen atoms in total. The molecule has 1 amide bonds. The molecule has 1 unspecified atom stereocenters. The van der Waals surface area contributed by atoms with E-state index in [1.165, 1.54) is 11.9 Å². The van der Waals surface area contributed by atoms with E-state index in [-0.39, 0.29) is 17.7 Å². The van der Waals surface area contributed by atoms with Gasteiger partial charge in [-0.05, 0) is 29.8 Å². The van der Waals surface area contributed by atoms with Gasteiger partial charge in [0.1, 0.15) is 11.5 Å². The van der Waals surface area contributed by atoms with Crippen LogP contribution in [-0.4, -0.2) is 28.8 Å². The van der Waals surface area contributed by atoms with Gasteiger partial charge in [-0.25, -0.2) is 5.01 Å². The van der Waals surface area contributed by atoms with Gasteiger partial charge in [-0.3, -0.25) is 4.79 Å². The van der Waals surface area contributed by atoms with Crippen molar-refractivity contribution in [2.24, 2.45) is 5.10 Å². The first kappa shape index (κ1) is 15.1. The minimum atomic E-state index is -0.173. The summed E-state index contributed by atoms with van der Waals surface area (Å²) in [7, 11) is 1.62. The number of carbonyl (C=O) groups is 1. The van der Waals surface area contributed by atoms with E-state index in [0.717, 1.165) is 11.3 Å². The number of hydrogen-bond donors (Lipinski definition) is 1. The molecule has 2 aromatic carbocycles. The number of hydrazone groups is 1. The van der Waals surface area contributed by atoms with Crippen LogP contribution in [0, 0.1) is 0 Å². The van der Waals surface area contributed by atoms with Crippen LogP contribution in [0.3, 0.4) is 0 Å². The van der Waals surface area contributed by atoms with Gasteiger partial charge < -0.3 is 9.84 Å². The average molecular weight is 310 g/mol. The molecule has 0 aromatic heterocycles. The van der Waals surface area contributed by atoms with Crippen molar-refractivity contribution in [3.8, 4) is 11.5 Å². The second-order valence-electron chi connectivity index (χ2n) is 5.42. The highest BCUT2D eigenvalue weighted by Gasteiger charge is 2.32. The van der Waals surface area contributed by atoms with Gasteiger partial charge in [0, 0.05) is 18.9 Å². The van der Waals surface area contributed by atoms with Gasteiger partial charge in [0.2, 0.25) is 5.91 Å². The predicted molar refractivity (Wildman–Crippen MR) is 87.5 cm³/mol. The number of phenolic OH excluding ortho intramolecular Hbond substituents is 1. The van der Waals surface area contributed by atoms with Crippen molar-refractivity contribution in [2.75, 3.05) is 7.11 Å². The molecule has 0 fully saturated rings. The lowest BCUT2D eigenvalue weighted by molar-refractivity contribution is -0.130. The number of phenols is 1. The van der Waals surface area contributed by atoms with Gasteiger partial charge >= 0.3 is 0 Å². The maximum atomic E-state index is 11.9. The first-order valence-electron chi connectivity index (χ1n) is 7.39. The summed E-state index contributed by atoms with van der Waals surface area (Å²) in [4.78, 5) is 11.9. The third-order valence-corrected chi connectivity index (χ3v) is 3.95. The van der Waals surface area contributed by atoms with Crippen LogP contribution in [0.4, 0.5) is 0 Å². The molecule has 2 aromatic rings. The molecule has 0 bridgehead atoms. The van der Waals surface area contributed by atoms with Crippen molar-refractivity contribution < 1.29 is 14.6 Å². The molecule has 5 heteroatoms. The van der Waals surface area contributed by atoms with Crippen molar-refractivity contribution in [1.82, 2.24) is 5.01 Å². The van der Waals surface area contributed by atoms with Crippen molar-refractivity contribution in [3.05, 3.63) is 59.7 Å². The van der Waals surface area contributed by atoms with E-state index in [2.05, 4.69) is 5.10 Å². The second-order valence-corrected chi connectivity index (χ2v) is 5.42. The van der Waals surface area contributed by atoms with Crippen LogP contribution in [0.25, 0.3) is 0 Å². The Morgan fingerprint density at radius 3 is 2.52 bits per heavy atom. The summed E-state index contributed by atoms with van der Waals surface area (Å²) >= 11 is 0. The molecule has 23 heavy (non-hydrogen) atoms. The quantitative estimate of drug-likeness (QED) is 0.947. The van der Waals surface area contributed by atoms with Crippen molar-refractivity contribution in [1.29, 1.82) is 0 Å². The summed E-state index contributed by atoms with van der Waals surface area (Å²) in [6, 6.07) is 14.5. The SMILES string of the molecule is COc1ccc(C2CC(c3ccccc3O)=NN2C(C)=O)cc1. The molecule has 0 aliphatic carbocycles. The zero-order valence-electron chi connectivity index (χ0n) is 13.1. The highest BCUT2D eigenvalue weighted by molar-refractivity contribution is 6.05. The number of para-hydroxylation sites is 1. The molecule has 1 atom stereocenters. The first-order chi connectivity index (χ1) is 11.1. The monoisotopic (exact) mass is 310 g/mol. The number of rotatable bonds is 3. The van der Waals surface area contributed by atoms with Crippen molar-refractivity contribution >= 4 is 11.6 Å². The van der Waals surface area contributed by atoms with Gasteiger partial charge in [-0.15, -0.1) is 0 Å². The van der Waals surface area contributed by atoms with E-state index in [4.69, 9.17) is 4.74 Å². The highest BCUT2D eigenvalue weighted by atomic mass is 16.5. The maximum absolute atomic E-state index is 11.9. The minimum absolute atomic E-state index is 0.128. The first-order valence-corrected chi connectivity index (χ1v) is 7.39. The number of carbonyl (C=O) groups excluding carboxylic acids is 1. The van der Waals surface area contributed by atoms with Crippen LogP contribution >= 0.6 is 0 Å². The topological polar surface area (TPSA) is 62.1 Å². The smallest absolute Gasteiger partial charge is 0.240 e. The maximum Gasteiger partial charge on any atom is 0.240 e. The number of amides is 1. The van der Waals surface area contributed by atoms with E-state index < -0.39 is 0 Å². The largest absolute Gasteiger partial charge is 0.507 e. The normalized spacial score (nSPS) is 17.0. The molecule has 118 valence electrons. The Kier molecular flexibility index (Phi) is 4.02. The Labute approximate surface area is 134 Å². The standard InChI is InChI=1S/C18H18N2O3/c1-12(21)20-17(13-7-9-14(23-2)10-8-13)11-16(19-20)15-5-3-4-6-18(15)22/h3-10,17,22H,11H2,1-2H3. The molecule has 1 heterocycles.